The molecule has 0 bridgehead atoms. The van der Waals surface area contributed by atoms with Crippen LogP contribution in [0.25, 0.3) is 6.08 Å². The second-order valence-corrected chi connectivity index (χ2v) is 3.78. The summed E-state index contributed by atoms with van der Waals surface area (Å²) in [6, 6.07) is 3.60. The lowest BCUT2D eigenvalue weighted by Gasteiger charge is -2.11. The largest absolute Gasteiger partial charge is 0.465 e. The lowest BCUT2D eigenvalue weighted by molar-refractivity contribution is -0.116. The van der Waals surface area contributed by atoms with Gasteiger partial charge in [0.1, 0.15) is 5.76 Å². The standard InChI is InChI=1S/C13H19NO2/c1-3-11(4-2)10-14-13(15)8-7-12-6-5-9-16-12/h5-9,11H,3-4,10H2,1-2H3,(H,14,15)/b8-7+. The van der Waals surface area contributed by atoms with Gasteiger partial charge in [0.15, 0.2) is 0 Å². The number of rotatable bonds is 6. The summed E-state index contributed by atoms with van der Waals surface area (Å²) >= 11 is 0. The van der Waals surface area contributed by atoms with E-state index in [2.05, 4.69) is 19.2 Å². The Morgan fingerprint density at radius 1 is 1.50 bits per heavy atom. The van der Waals surface area contributed by atoms with Crippen LogP contribution in [0, 0.1) is 5.92 Å². The van der Waals surface area contributed by atoms with Crippen molar-refractivity contribution < 1.29 is 9.21 Å². The number of carbonyl (C=O) groups excluding carboxylic acids is 1. The molecule has 0 unspecified atom stereocenters. The van der Waals surface area contributed by atoms with Crippen molar-refractivity contribution in [2.24, 2.45) is 5.92 Å². The Hall–Kier alpha value is -1.51. The first kappa shape index (κ1) is 12.6. The van der Waals surface area contributed by atoms with Gasteiger partial charge in [-0.2, -0.15) is 0 Å². The first-order chi connectivity index (χ1) is 7.76. The molecule has 0 spiro atoms. The van der Waals surface area contributed by atoms with E-state index < -0.39 is 0 Å². The monoisotopic (exact) mass is 221 g/mol. The highest BCUT2D eigenvalue weighted by Crippen LogP contribution is 2.05. The van der Waals surface area contributed by atoms with E-state index in [-0.39, 0.29) is 5.91 Å². The minimum absolute atomic E-state index is 0.0664. The highest BCUT2D eigenvalue weighted by molar-refractivity contribution is 5.91. The van der Waals surface area contributed by atoms with Gasteiger partial charge in [-0.15, -0.1) is 0 Å². The van der Waals surface area contributed by atoms with Gasteiger partial charge >= 0.3 is 0 Å². The summed E-state index contributed by atoms with van der Waals surface area (Å²) < 4.78 is 5.09. The van der Waals surface area contributed by atoms with Crippen molar-refractivity contribution in [3.05, 3.63) is 30.2 Å². The summed E-state index contributed by atoms with van der Waals surface area (Å²) in [5, 5.41) is 2.88. The van der Waals surface area contributed by atoms with E-state index in [9.17, 15) is 4.79 Å². The molecular formula is C13H19NO2. The zero-order valence-corrected chi connectivity index (χ0v) is 9.90. The number of amides is 1. The second kappa shape index (κ2) is 6.88. The SMILES string of the molecule is CCC(CC)CNC(=O)/C=C/c1ccco1. The fourth-order valence-corrected chi connectivity index (χ4v) is 1.43. The van der Waals surface area contributed by atoms with Crippen molar-refractivity contribution in [2.75, 3.05) is 6.54 Å². The van der Waals surface area contributed by atoms with Crippen LogP contribution in [0.3, 0.4) is 0 Å². The first-order valence-electron chi connectivity index (χ1n) is 5.75. The van der Waals surface area contributed by atoms with E-state index in [0.717, 1.165) is 19.4 Å². The molecular weight excluding hydrogens is 202 g/mol. The number of hydrogen-bond donors (Lipinski definition) is 1. The summed E-state index contributed by atoms with van der Waals surface area (Å²) in [6.07, 6.45) is 6.95. The van der Waals surface area contributed by atoms with E-state index in [1.807, 2.05) is 6.07 Å². The van der Waals surface area contributed by atoms with Crippen LogP contribution in [0.4, 0.5) is 0 Å². The van der Waals surface area contributed by atoms with Gasteiger partial charge in [-0.3, -0.25) is 4.79 Å². The Morgan fingerprint density at radius 2 is 2.25 bits per heavy atom. The summed E-state index contributed by atoms with van der Waals surface area (Å²) in [5.41, 5.74) is 0. The quantitative estimate of drug-likeness (QED) is 0.750. The zero-order chi connectivity index (χ0) is 11.8. The molecule has 3 nitrogen and oxygen atoms in total. The van der Waals surface area contributed by atoms with E-state index in [1.165, 1.54) is 6.08 Å². The molecule has 1 amide bonds. The molecule has 0 atom stereocenters. The summed E-state index contributed by atoms with van der Waals surface area (Å²) in [4.78, 5) is 11.4. The van der Waals surface area contributed by atoms with Crippen LogP contribution >= 0.6 is 0 Å². The van der Waals surface area contributed by atoms with Gasteiger partial charge in [-0.05, 0) is 24.1 Å². The van der Waals surface area contributed by atoms with Gasteiger partial charge in [-0.25, -0.2) is 0 Å². The number of carbonyl (C=O) groups is 1. The van der Waals surface area contributed by atoms with Crippen molar-refractivity contribution in [1.82, 2.24) is 5.32 Å². The predicted octanol–water partition coefficient (Wildman–Crippen LogP) is 2.85. The van der Waals surface area contributed by atoms with Crippen molar-refractivity contribution in [1.29, 1.82) is 0 Å². The third-order valence-electron chi connectivity index (χ3n) is 2.66. The maximum Gasteiger partial charge on any atom is 0.244 e. The third kappa shape index (κ3) is 4.34. The van der Waals surface area contributed by atoms with Crippen LogP contribution in [-0.4, -0.2) is 12.5 Å². The molecule has 0 saturated carbocycles. The zero-order valence-electron chi connectivity index (χ0n) is 9.90. The highest BCUT2D eigenvalue weighted by atomic mass is 16.3. The van der Waals surface area contributed by atoms with Crippen LogP contribution < -0.4 is 5.32 Å². The minimum Gasteiger partial charge on any atom is -0.465 e. The molecule has 0 aromatic carbocycles. The van der Waals surface area contributed by atoms with E-state index in [0.29, 0.717) is 11.7 Å². The van der Waals surface area contributed by atoms with Gasteiger partial charge in [0.05, 0.1) is 6.26 Å². The van der Waals surface area contributed by atoms with Crippen molar-refractivity contribution in [2.45, 2.75) is 26.7 Å². The van der Waals surface area contributed by atoms with E-state index in [4.69, 9.17) is 4.42 Å². The van der Waals surface area contributed by atoms with Crippen LogP contribution in [0.15, 0.2) is 28.9 Å². The van der Waals surface area contributed by atoms with Crippen LogP contribution in [-0.2, 0) is 4.79 Å². The molecule has 1 aromatic rings. The smallest absolute Gasteiger partial charge is 0.244 e. The lowest BCUT2D eigenvalue weighted by atomic mass is 10.0. The van der Waals surface area contributed by atoms with E-state index >= 15 is 0 Å². The van der Waals surface area contributed by atoms with Crippen LogP contribution in [0.2, 0.25) is 0 Å². The Morgan fingerprint density at radius 3 is 2.81 bits per heavy atom. The van der Waals surface area contributed by atoms with Gasteiger partial charge in [0.25, 0.3) is 0 Å². The van der Waals surface area contributed by atoms with Gasteiger partial charge in [-0.1, -0.05) is 26.7 Å². The molecule has 0 radical (unpaired) electrons. The fraction of sp³-hybridized carbons (Fsp3) is 0.462. The maximum atomic E-state index is 11.4. The maximum absolute atomic E-state index is 11.4. The number of furan rings is 1. The molecule has 1 aromatic heterocycles. The molecule has 0 aliphatic rings. The molecule has 1 N–H and O–H groups in total. The van der Waals surface area contributed by atoms with Crippen molar-refractivity contribution >= 4 is 12.0 Å². The van der Waals surface area contributed by atoms with Crippen molar-refractivity contribution in [3.8, 4) is 0 Å². The van der Waals surface area contributed by atoms with Crippen LogP contribution in [0.5, 0.6) is 0 Å². The fourth-order valence-electron chi connectivity index (χ4n) is 1.43. The average Bonchev–Trinajstić information content (AvgIpc) is 2.80. The summed E-state index contributed by atoms with van der Waals surface area (Å²) in [6.45, 7) is 5.02. The summed E-state index contributed by atoms with van der Waals surface area (Å²) in [5.74, 6) is 1.20. The van der Waals surface area contributed by atoms with Gasteiger partial charge in [0.2, 0.25) is 5.91 Å². The normalized spacial score (nSPS) is 11.2. The third-order valence-corrected chi connectivity index (χ3v) is 2.66. The molecule has 3 heteroatoms. The first-order valence-corrected chi connectivity index (χ1v) is 5.75. The van der Waals surface area contributed by atoms with Gasteiger partial charge in [0, 0.05) is 12.6 Å². The van der Waals surface area contributed by atoms with Gasteiger partial charge < -0.3 is 9.73 Å². The Balaban J connectivity index is 2.31. The molecule has 0 saturated heterocycles. The average molecular weight is 221 g/mol. The predicted molar refractivity (Wildman–Crippen MR) is 64.8 cm³/mol. The summed E-state index contributed by atoms with van der Waals surface area (Å²) in [7, 11) is 0. The topological polar surface area (TPSA) is 42.2 Å². The molecule has 1 heterocycles. The number of nitrogens with one attached hydrogen (secondary N) is 1. The molecule has 0 aliphatic carbocycles. The molecule has 88 valence electrons. The molecule has 1 rings (SSSR count). The Labute approximate surface area is 96.5 Å². The lowest BCUT2D eigenvalue weighted by Crippen LogP contribution is -2.27. The second-order valence-electron chi connectivity index (χ2n) is 3.78. The Kier molecular flexibility index (Phi) is 5.40. The minimum atomic E-state index is -0.0664. The van der Waals surface area contributed by atoms with Crippen molar-refractivity contribution in [3.63, 3.8) is 0 Å². The van der Waals surface area contributed by atoms with E-state index in [1.54, 1.807) is 18.4 Å². The number of hydrogen-bond acceptors (Lipinski definition) is 2. The molecule has 0 aliphatic heterocycles. The molecule has 16 heavy (non-hydrogen) atoms. The Bertz CT molecular complexity index is 324. The highest BCUT2D eigenvalue weighted by Gasteiger charge is 2.04. The van der Waals surface area contributed by atoms with Crippen LogP contribution in [0.1, 0.15) is 32.4 Å². The molecule has 0 fully saturated rings.